The highest BCUT2D eigenvalue weighted by Crippen LogP contribution is 2.43. The molecule has 0 spiro atoms. The second-order valence-electron chi connectivity index (χ2n) is 6.60. The summed E-state index contributed by atoms with van der Waals surface area (Å²) in [5.74, 6) is 2.11. The highest BCUT2D eigenvalue weighted by molar-refractivity contribution is 6.67. The summed E-state index contributed by atoms with van der Waals surface area (Å²) in [7, 11) is 0. The molecule has 4 heteroatoms. The first-order valence-corrected chi connectivity index (χ1v) is 8.37. The molecule has 1 aliphatic heterocycles. The van der Waals surface area contributed by atoms with E-state index in [2.05, 4.69) is 19.0 Å². The monoisotopic (exact) mass is 303 g/mol. The Morgan fingerprint density at radius 1 is 1.36 bits per heavy atom. The van der Waals surface area contributed by atoms with Crippen LogP contribution in [0.2, 0.25) is 12.6 Å². The van der Waals surface area contributed by atoms with Crippen LogP contribution in [-0.4, -0.2) is 12.5 Å². The minimum atomic E-state index is -0.600. The van der Waals surface area contributed by atoms with Gasteiger partial charge < -0.3 is 0 Å². The van der Waals surface area contributed by atoms with Gasteiger partial charge in [-0.15, -0.1) is 0 Å². The van der Waals surface area contributed by atoms with Gasteiger partial charge in [0.1, 0.15) is 11.6 Å². The number of rotatable bonds is 7. The maximum absolute atomic E-state index is 14.3. The van der Waals surface area contributed by atoms with Crippen molar-refractivity contribution >= 4 is 12.5 Å². The van der Waals surface area contributed by atoms with Crippen molar-refractivity contribution in [3.63, 3.8) is 0 Å². The van der Waals surface area contributed by atoms with Crippen LogP contribution in [-0.2, 0) is 4.79 Å². The maximum Gasteiger partial charge on any atom is 0.267 e. The van der Waals surface area contributed by atoms with Crippen LogP contribution in [0.1, 0.15) is 59.3 Å². The average molecular weight is 303 g/mol. The van der Waals surface area contributed by atoms with E-state index in [1.165, 1.54) is 0 Å². The van der Waals surface area contributed by atoms with Gasteiger partial charge in [0.05, 0.1) is 0 Å². The van der Waals surface area contributed by atoms with Crippen LogP contribution in [0.25, 0.3) is 0 Å². The van der Waals surface area contributed by atoms with Crippen LogP contribution in [0.3, 0.4) is 0 Å². The Morgan fingerprint density at radius 3 is 2.50 bits per heavy atom. The van der Waals surface area contributed by atoms with Crippen LogP contribution in [0.5, 0.6) is 0 Å². The third kappa shape index (κ3) is 5.44. The molecule has 0 amide bonds. The molecule has 2 nitrogen and oxygen atoms in total. The molecule has 0 unspecified atom stereocenters. The molecule has 1 saturated heterocycles. The van der Waals surface area contributed by atoms with Crippen molar-refractivity contribution in [1.82, 2.24) is 0 Å². The molecule has 0 aliphatic carbocycles. The second kappa shape index (κ2) is 8.93. The fourth-order valence-corrected chi connectivity index (χ4v) is 3.17. The number of Topliss-reactive ketones (excluding diaryl/α,β-unsaturated/α-hetero) is 1. The van der Waals surface area contributed by atoms with Gasteiger partial charge in [-0.3, -0.25) is 4.79 Å². The highest BCUT2D eigenvalue weighted by Gasteiger charge is 2.41. The van der Waals surface area contributed by atoms with Crippen molar-refractivity contribution in [2.45, 2.75) is 71.9 Å². The van der Waals surface area contributed by atoms with Crippen molar-refractivity contribution in [1.29, 1.82) is 5.26 Å². The van der Waals surface area contributed by atoms with Crippen LogP contribution in [0.4, 0.5) is 4.39 Å². The van der Waals surface area contributed by atoms with E-state index in [0.29, 0.717) is 25.5 Å². The molecule has 1 aliphatic rings. The third-order valence-electron chi connectivity index (χ3n) is 4.79. The molecule has 1 fully saturated rings. The normalized spacial score (nSPS) is 19.0. The SMILES string of the molecule is CCCC/C=C(C)\C=C(\F)CC1(C(C)=O)CCB(C#N)CC1. The van der Waals surface area contributed by atoms with E-state index >= 15 is 0 Å². The topological polar surface area (TPSA) is 40.9 Å². The smallest absolute Gasteiger partial charge is 0.267 e. The molecule has 0 N–H and O–H groups in total. The zero-order chi connectivity index (χ0) is 16.6. The van der Waals surface area contributed by atoms with Crippen molar-refractivity contribution in [2.24, 2.45) is 5.41 Å². The molecule has 1 rings (SSSR count). The average Bonchev–Trinajstić information content (AvgIpc) is 2.47. The zero-order valence-corrected chi connectivity index (χ0v) is 14.1. The number of hydrogen-bond donors (Lipinski definition) is 0. The van der Waals surface area contributed by atoms with E-state index in [0.717, 1.165) is 24.8 Å². The van der Waals surface area contributed by atoms with Gasteiger partial charge in [-0.25, -0.2) is 9.65 Å². The summed E-state index contributed by atoms with van der Waals surface area (Å²) >= 11 is 0. The van der Waals surface area contributed by atoms with Crippen LogP contribution in [0.15, 0.2) is 23.6 Å². The minimum Gasteiger partial charge on any atom is -0.299 e. The fourth-order valence-electron chi connectivity index (χ4n) is 3.17. The number of carbonyl (C=O) groups is 1. The molecule has 0 saturated carbocycles. The van der Waals surface area contributed by atoms with Gasteiger partial charge in [-0.1, -0.05) is 44.1 Å². The molecule has 0 radical (unpaired) electrons. The Hall–Kier alpha value is -1.37. The van der Waals surface area contributed by atoms with Crippen LogP contribution < -0.4 is 0 Å². The van der Waals surface area contributed by atoms with Gasteiger partial charge in [-0.05, 0) is 39.2 Å². The molecule has 0 aromatic rings. The Labute approximate surface area is 134 Å². The maximum atomic E-state index is 14.3. The van der Waals surface area contributed by atoms with Gasteiger partial charge >= 0.3 is 0 Å². The number of unbranched alkanes of at least 4 members (excludes halogenated alkanes) is 2. The first kappa shape index (κ1) is 18.7. The summed E-state index contributed by atoms with van der Waals surface area (Å²) in [5.41, 5.74) is 0.327. The number of hydrogen-bond acceptors (Lipinski definition) is 2. The van der Waals surface area contributed by atoms with Crippen LogP contribution in [0, 0.1) is 16.6 Å². The lowest BCUT2D eigenvalue weighted by molar-refractivity contribution is -0.127. The molecule has 120 valence electrons. The number of carbonyl (C=O) groups excluding carboxylic acids is 1. The van der Waals surface area contributed by atoms with Gasteiger partial charge in [-0.2, -0.15) is 0 Å². The van der Waals surface area contributed by atoms with E-state index < -0.39 is 5.41 Å². The summed E-state index contributed by atoms with van der Waals surface area (Å²) in [6.07, 6.45) is 9.66. The van der Waals surface area contributed by atoms with E-state index in [9.17, 15) is 9.18 Å². The van der Waals surface area contributed by atoms with Gasteiger partial charge in [0.25, 0.3) is 6.71 Å². The predicted molar refractivity (Wildman–Crippen MR) is 90.4 cm³/mol. The molecule has 0 aromatic carbocycles. The lowest BCUT2D eigenvalue weighted by atomic mass is 9.39. The standard InChI is InChI=1S/C18H27BFNO/c1-4-5-6-7-15(2)12-17(20)13-18(16(3)22)8-10-19(14-21)11-9-18/h7,12H,4-6,8-11,13H2,1-3H3/b15-7-,17-12+. The second-order valence-corrected chi connectivity index (χ2v) is 6.60. The summed E-state index contributed by atoms with van der Waals surface area (Å²) in [4.78, 5) is 12.1. The molecular formula is C18H27BFNO. The lowest BCUT2D eigenvalue weighted by Gasteiger charge is -2.35. The van der Waals surface area contributed by atoms with Gasteiger partial charge in [0.15, 0.2) is 0 Å². The minimum absolute atomic E-state index is 0.0233. The molecule has 0 bridgehead atoms. The van der Waals surface area contributed by atoms with E-state index in [4.69, 9.17) is 5.26 Å². The van der Waals surface area contributed by atoms with Crippen LogP contribution >= 0.6 is 0 Å². The Kier molecular flexibility index (Phi) is 7.58. The van der Waals surface area contributed by atoms with E-state index in [-0.39, 0.29) is 24.7 Å². The van der Waals surface area contributed by atoms with Crippen molar-refractivity contribution in [3.8, 4) is 5.97 Å². The predicted octanol–water partition coefficient (Wildman–Crippen LogP) is 5.29. The quantitative estimate of drug-likeness (QED) is 0.364. The summed E-state index contributed by atoms with van der Waals surface area (Å²) < 4.78 is 14.3. The zero-order valence-electron chi connectivity index (χ0n) is 14.1. The number of halogens is 1. The van der Waals surface area contributed by atoms with E-state index in [1.807, 2.05) is 6.92 Å². The third-order valence-corrected chi connectivity index (χ3v) is 4.79. The van der Waals surface area contributed by atoms with E-state index in [1.54, 1.807) is 13.0 Å². The molecule has 1 heterocycles. The largest absolute Gasteiger partial charge is 0.299 e. The highest BCUT2D eigenvalue weighted by atomic mass is 19.1. The number of nitriles is 1. The first-order chi connectivity index (χ1) is 10.4. The first-order valence-electron chi connectivity index (χ1n) is 8.37. The van der Waals surface area contributed by atoms with Crippen molar-refractivity contribution in [2.75, 3.05) is 0 Å². The lowest BCUT2D eigenvalue weighted by Crippen LogP contribution is -2.36. The summed E-state index contributed by atoms with van der Waals surface area (Å²) in [6, 6.07) is 0. The Bertz CT molecular complexity index is 482. The molecular weight excluding hydrogens is 276 g/mol. The Morgan fingerprint density at radius 2 is 2.00 bits per heavy atom. The fraction of sp³-hybridized carbons (Fsp3) is 0.667. The van der Waals surface area contributed by atoms with Gasteiger partial charge in [0.2, 0.25) is 0 Å². The number of nitrogens with zero attached hydrogens (tertiary/aromatic N) is 1. The molecule has 0 aromatic heterocycles. The Balaban J connectivity index is 2.73. The number of ketones is 1. The molecule has 22 heavy (non-hydrogen) atoms. The number of allylic oxidation sites excluding steroid dienone is 4. The van der Waals surface area contributed by atoms with Crippen molar-refractivity contribution < 1.29 is 9.18 Å². The summed E-state index contributed by atoms with van der Waals surface area (Å²) in [6.45, 7) is 5.62. The van der Waals surface area contributed by atoms with Gasteiger partial charge in [0, 0.05) is 17.8 Å². The summed E-state index contributed by atoms with van der Waals surface area (Å²) in [5, 5.41) is 8.98. The van der Waals surface area contributed by atoms with Crippen molar-refractivity contribution in [3.05, 3.63) is 23.6 Å². The molecule has 0 atom stereocenters.